The SMILES string of the molecule is N#C/C(=C/c1cn(-c2ccccc2)nc1-c1cc2ccccc2oc1=O)C(N)=O. The third-order valence-electron chi connectivity index (χ3n) is 4.35. The van der Waals surface area contributed by atoms with Gasteiger partial charge in [-0.2, -0.15) is 10.4 Å². The van der Waals surface area contributed by atoms with Crippen LogP contribution >= 0.6 is 0 Å². The summed E-state index contributed by atoms with van der Waals surface area (Å²) in [4.78, 5) is 24.2. The number of nitriles is 1. The molecule has 7 heteroatoms. The van der Waals surface area contributed by atoms with E-state index in [4.69, 9.17) is 10.2 Å². The molecule has 4 rings (SSSR count). The van der Waals surface area contributed by atoms with Crippen LogP contribution in [-0.2, 0) is 4.79 Å². The fraction of sp³-hybridized carbons (Fsp3) is 0. The minimum absolute atomic E-state index is 0.214. The first-order valence-corrected chi connectivity index (χ1v) is 8.67. The lowest BCUT2D eigenvalue weighted by Gasteiger charge is -2.02. The van der Waals surface area contributed by atoms with Crippen molar-refractivity contribution in [2.24, 2.45) is 5.73 Å². The van der Waals surface area contributed by atoms with Crippen LogP contribution in [0.1, 0.15) is 5.56 Å². The highest BCUT2D eigenvalue weighted by molar-refractivity contribution is 6.01. The molecule has 0 bridgehead atoms. The average molecular weight is 382 g/mol. The zero-order valence-corrected chi connectivity index (χ0v) is 15.1. The Morgan fingerprint density at radius 1 is 1.14 bits per heavy atom. The molecule has 1 amide bonds. The molecular formula is C22H14N4O3. The number of hydrogen-bond acceptors (Lipinski definition) is 5. The maximum atomic E-state index is 12.6. The molecule has 29 heavy (non-hydrogen) atoms. The fourth-order valence-corrected chi connectivity index (χ4v) is 2.96. The lowest BCUT2D eigenvalue weighted by atomic mass is 10.1. The Bertz CT molecular complexity index is 1360. The van der Waals surface area contributed by atoms with Crippen molar-refractivity contribution in [3.8, 4) is 23.0 Å². The number of aromatic nitrogens is 2. The highest BCUT2D eigenvalue weighted by Crippen LogP contribution is 2.26. The Labute approximate surface area is 164 Å². The van der Waals surface area contributed by atoms with E-state index in [9.17, 15) is 14.9 Å². The molecule has 0 spiro atoms. The smallest absolute Gasteiger partial charge is 0.345 e. The second-order valence-corrected chi connectivity index (χ2v) is 6.23. The molecule has 0 atom stereocenters. The number of nitrogens with zero attached hydrogens (tertiary/aromatic N) is 3. The number of hydrogen-bond donors (Lipinski definition) is 1. The van der Waals surface area contributed by atoms with Crippen LogP contribution in [0.25, 0.3) is 34.0 Å². The summed E-state index contributed by atoms with van der Waals surface area (Å²) in [7, 11) is 0. The zero-order chi connectivity index (χ0) is 20.4. The number of primary amides is 1. The van der Waals surface area contributed by atoms with Gasteiger partial charge in [0.05, 0.1) is 11.3 Å². The third-order valence-corrected chi connectivity index (χ3v) is 4.35. The van der Waals surface area contributed by atoms with E-state index in [0.717, 1.165) is 11.1 Å². The second-order valence-electron chi connectivity index (χ2n) is 6.23. The number of para-hydroxylation sites is 2. The van der Waals surface area contributed by atoms with E-state index in [2.05, 4.69) is 5.10 Å². The number of amides is 1. The summed E-state index contributed by atoms with van der Waals surface area (Å²) >= 11 is 0. The molecule has 2 N–H and O–H groups in total. The number of nitrogens with two attached hydrogens (primary N) is 1. The fourth-order valence-electron chi connectivity index (χ4n) is 2.96. The van der Waals surface area contributed by atoms with Crippen molar-refractivity contribution in [3.63, 3.8) is 0 Å². The molecule has 0 unspecified atom stereocenters. The Kier molecular flexibility index (Phi) is 4.51. The van der Waals surface area contributed by atoms with Crippen molar-refractivity contribution in [2.45, 2.75) is 0 Å². The van der Waals surface area contributed by atoms with Gasteiger partial charge in [0, 0.05) is 17.1 Å². The molecule has 0 fully saturated rings. The lowest BCUT2D eigenvalue weighted by Crippen LogP contribution is -2.12. The van der Waals surface area contributed by atoms with Crippen molar-refractivity contribution in [1.29, 1.82) is 5.26 Å². The van der Waals surface area contributed by atoms with Gasteiger partial charge in [0.25, 0.3) is 5.91 Å². The Balaban J connectivity index is 1.98. The van der Waals surface area contributed by atoms with Crippen LogP contribution in [-0.4, -0.2) is 15.7 Å². The topological polar surface area (TPSA) is 115 Å². The number of carbonyl (C=O) groups is 1. The summed E-state index contributed by atoms with van der Waals surface area (Å²) in [5.74, 6) is -0.864. The van der Waals surface area contributed by atoms with Gasteiger partial charge in [0.2, 0.25) is 0 Å². The maximum Gasteiger partial charge on any atom is 0.345 e. The second kappa shape index (κ2) is 7.29. The highest BCUT2D eigenvalue weighted by atomic mass is 16.4. The first-order chi connectivity index (χ1) is 14.1. The van der Waals surface area contributed by atoms with Gasteiger partial charge in [-0.15, -0.1) is 0 Å². The van der Waals surface area contributed by atoms with Gasteiger partial charge in [-0.1, -0.05) is 36.4 Å². The van der Waals surface area contributed by atoms with Crippen LogP contribution in [0.5, 0.6) is 0 Å². The van der Waals surface area contributed by atoms with Gasteiger partial charge in [0.15, 0.2) is 0 Å². The predicted octanol–water partition coefficient (Wildman–Crippen LogP) is 3.04. The van der Waals surface area contributed by atoms with E-state index in [1.54, 1.807) is 35.1 Å². The number of fused-ring (bicyclic) bond motifs is 1. The average Bonchev–Trinajstić information content (AvgIpc) is 3.15. The van der Waals surface area contributed by atoms with E-state index < -0.39 is 11.5 Å². The summed E-state index contributed by atoms with van der Waals surface area (Å²) in [5, 5.41) is 14.5. The molecule has 0 radical (unpaired) electrons. The number of rotatable bonds is 4. The van der Waals surface area contributed by atoms with Crippen LogP contribution < -0.4 is 11.4 Å². The normalized spacial score (nSPS) is 11.3. The minimum atomic E-state index is -0.864. The molecule has 140 valence electrons. The molecule has 0 saturated carbocycles. The van der Waals surface area contributed by atoms with Crippen LogP contribution in [0.15, 0.2) is 81.6 Å². The van der Waals surface area contributed by atoms with E-state index >= 15 is 0 Å². The van der Waals surface area contributed by atoms with Gasteiger partial charge in [-0.05, 0) is 30.3 Å². The Morgan fingerprint density at radius 3 is 2.59 bits per heavy atom. The van der Waals surface area contributed by atoms with E-state index in [-0.39, 0.29) is 16.8 Å². The molecule has 7 nitrogen and oxygen atoms in total. The van der Waals surface area contributed by atoms with E-state index in [0.29, 0.717) is 11.1 Å². The molecule has 2 aromatic carbocycles. The summed E-state index contributed by atoms with van der Waals surface area (Å²) < 4.78 is 6.98. The van der Waals surface area contributed by atoms with E-state index in [1.807, 2.05) is 42.5 Å². The van der Waals surface area contributed by atoms with Gasteiger partial charge in [-0.25, -0.2) is 9.48 Å². The number of benzene rings is 2. The lowest BCUT2D eigenvalue weighted by molar-refractivity contribution is -0.114. The zero-order valence-electron chi connectivity index (χ0n) is 15.1. The van der Waals surface area contributed by atoms with Crippen LogP contribution in [0.2, 0.25) is 0 Å². The third kappa shape index (κ3) is 3.42. The molecule has 0 aliphatic heterocycles. The van der Waals surface area contributed by atoms with Gasteiger partial charge >= 0.3 is 5.63 Å². The summed E-state index contributed by atoms with van der Waals surface area (Å²) in [6, 6.07) is 19.8. The summed E-state index contributed by atoms with van der Waals surface area (Å²) in [5.41, 5.74) is 6.54. The quantitative estimate of drug-likeness (QED) is 0.331. The molecule has 2 heterocycles. The highest BCUT2D eigenvalue weighted by Gasteiger charge is 2.17. The van der Waals surface area contributed by atoms with Crippen molar-refractivity contribution in [1.82, 2.24) is 9.78 Å². The molecule has 0 saturated heterocycles. The van der Waals surface area contributed by atoms with Crippen molar-refractivity contribution < 1.29 is 9.21 Å². The van der Waals surface area contributed by atoms with Crippen molar-refractivity contribution >= 4 is 23.0 Å². The van der Waals surface area contributed by atoms with E-state index in [1.165, 1.54) is 6.08 Å². The van der Waals surface area contributed by atoms with Crippen LogP contribution in [0, 0.1) is 11.3 Å². The number of carbonyl (C=O) groups excluding carboxylic acids is 1. The molecule has 0 aliphatic rings. The Morgan fingerprint density at radius 2 is 1.86 bits per heavy atom. The van der Waals surface area contributed by atoms with Gasteiger partial charge in [0.1, 0.15) is 22.9 Å². The van der Waals surface area contributed by atoms with Crippen LogP contribution in [0.3, 0.4) is 0 Å². The molecule has 2 aromatic heterocycles. The van der Waals surface area contributed by atoms with Crippen LogP contribution in [0.4, 0.5) is 0 Å². The maximum absolute atomic E-state index is 12.6. The van der Waals surface area contributed by atoms with Crippen molar-refractivity contribution in [3.05, 3.63) is 88.4 Å². The molecule has 0 aliphatic carbocycles. The summed E-state index contributed by atoms with van der Waals surface area (Å²) in [6.07, 6.45) is 2.94. The van der Waals surface area contributed by atoms with Gasteiger partial charge < -0.3 is 10.2 Å². The standard InChI is InChI=1S/C22H14N4O3/c23-12-15(21(24)27)10-16-13-26(17-7-2-1-3-8-17)25-20(16)18-11-14-6-4-5-9-19(14)29-22(18)28/h1-11,13H,(H2,24,27)/b15-10-. The summed E-state index contributed by atoms with van der Waals surface area (Å²) in [6.45, 7) is 0. The largest absolute Gasteiger partial charge is 0.422 e. The molecular weight excluding hydrogens is 368 g/mol. The minimum Gasteiger partial charge on any atom is -0.422 e. The van der Waals surface area contributed by atoms with Crippen molar-refractivity contribution in [2.75, 3.05) is 0 Å². The Hall–Kier alpha value is -4.44. The predicted molar refractivity (Wildman–Crippen MR) is 108 cm³/mol. The first kappa shape index (κ1) is 17.9. The monoisotopic (exact) mass is 382 g/mol. The molecule has 4 aromatic rings. The van der Waals surface area contributed by atoms with Gasteiger partial charge in [-0.3, -0.25) is 4.79 Å². The first-order valence-electron chi connectivity index (χ1n) is 8.67.